The van der Waals surface area contributed by atoms with Crippen molar-refractivity contribution in [3.05, 3.63) is 58.4 Å². The number of anilines is 1. The lowest BCUT2D eigenvalue weighted by Crippen LogP contribution is -2.33. The van der Waals surface area contributed by atoms with Crippen LogP contribution in [0.1, 0.15) is 22.8 Å². The molecule has 7 heteroatoms. The van der Waals surface area contributed by atoms with Gasteiger partial charge in [-0.2, -0.15) is 0 Å². The monoisotopic (exact) mass is 366 g/mol. The van der Waals surface area contributed by atoms with Crippen molar-refractivity contribution >= 4 is 23.2 Å². The predicted molar refractivity (Wildman–Crippen MR) is 95.3 cm³/mol. The van der Waals surface area contributed by atoms with Crippen LogP contribution in [0.25, 0.3) is 0 Å². The molecule has 1 amide bonds. The Morgan fingerprint density at radius 3 is 2.60 bits per heavy atom. The Labute approximate surface area is 150 Å². The van der Waals surface area contributed by atoms with Crippen molar-refractivity contribution in [2.24, 2.45) is 0 Å². The Hall–Kier alpha value is -2.31. The second kappa shape index (κ2) is 8.69. The minimum atomic E-state index is -0.358. The zero-order valence-electron chi connectivity index (χ0n) is 13.8. The van der Waals surface area contributed by atoms with Crippen LogP contribution in [-0.4, -0.2) is 35.7 Å². The number of nitrogens with two attached hydrogens (primary N) is 1. The fourth-order valence-electron chi connectivity index (χ4n) is 2.36. The Bertz CT molecular complexity index is 738. The average molecular weight is 367 g/mol. The molecule has 5 nitrogen and oxygen atoms in total. The molecule has 0 spiro atoms. The molecule has 0 bridgehead atoms. The van der Waals surface area contributed by atoms with E-state index in [0.717, 1.165) is 5.56 Å². The van der Waals surface area contributed by atoms with Gasteiger partial charge in [-0.05, 0) is 30.7 Å². The van der Waals surface area contributed by atoms with E-state index in [-0.39, 0.29) is 42.0 Å². The van der Waals surface area contributed by atoms with Gasteiger partial charge in [-0.25, -0.2) is 4.39 Å². The molecule has 0 atom stereocenters. The van der Waals surface area contributed by atoms with E-state index in [9.17, 15) is 14.3 Å². The van der Waals surface area contributed by atoms with Crippen LogP contribution in [0.2, 0.25) is 5.02 Å². The zero-order valence-corrected chi connectivity index (χ0v) is 14.6. The lowest BCUT2D eigenvalue weighted by molar-refractivity contribution is 0.0703. The SMILES string of the molecule is CCOc1cc(N)c(Cl)cc1C(=O)N(CCO)Cc1ccc(F)cc1. The zero-order chi connectivity index (χ0) is 18.4. The number of amides is 1. The van der Waals surface area contributed by atoms with Crippen molar-refractivity contribution in [3.63, 3.8) is 0 Å². The lowest BCUT2D eigenvalue weighted by Gasteiger charge is -2.23. The third-order valence-corrected chi connectivity index (χ3v) is 3.90. The molecular weight excluding hydrogens is 347 g/mol. The van der Waals surface area contributed by atoms with Crippen LogP contribution in [0.3, 0.4) is 0 Å². The van der Waals surface area contributed by atoms with Gasteiger partial charge in [0.05, 0.1) is 29.5 Å². The summed E-state index contributed by atoms with van der Waals surface area (Å²) in [6, 6.07) is 8.79. The Balaban J connectivity index is 2.33. The Kier molecular flexibility index (Phi) is 6.61. The third-order valence-electron chi connectivity index (χ3n) is 3.57. The number of aliphatic hydroxyl groups excluding tert-OH is 1. The summed E-state index contributed by atoms with van der Waals surface area (Å²) in [4.78, 5) is 14.4. The van der Waals surface area contributed by atoms with Gasteiger partial charge in [0.15, 0.2) is 0 Å². The highest BCUT2D eigenvalue weighted by Crippen LogP contribution is 2.30. The van der Waals surface area contributed by atoms with Crippen LogP contribution in [0.4, 0.5) is 10.1 Å². The molecule has 0 unspecified atom stereocenters. The van der Waals surface area contributed by atoms with E-state index >= 15 is 0 Å². The second-order valence-corrected chi connectivity index (χ2v) is 5.79. The van der Waals surface area contributed by atoms with E-state index in [1.807, 2.05) is 0 Å². The molecule has 3 N–H and O–H groups in total. The summed E-state index contributed by atoms with van der Waals surface area (Å²) in [7, 11) is 0. The molecule has 0 aliphatic heterocycles. The van der Waals surface area contributed by atoms with Gasteiger partial charge < -0.3 is 20.5 Å². The van der Waals surface area contributed by atoms with Crippen molar-refractivity contribution in [3.8, 4) is 5.75 Å². The first-order valence-corrected chi connectivity index (χ1v) is 8.20. The van der Waals surface area contributed by atoms with Crippen molar-refractivity contribution in [1.29, 1.82) is 0 Å². The summed E-state index contributed by atoms with van der Waals surface area (Å²) < 4.78 is 18.5. The molecule has 0 heterocycles. The van der Waals surface area contributed by atoms with Crippen LogP contribution in [0.5, 0.6) is 5.75 Å². The number of nitrogen functional groups attached to an aromatic ring is 1. The molecular formula is C18H20ClFN2O3. The highest BCUT2D eigenvalue weighted by molar-refractivity contribution is 6.33. The maximum absolute atomic E-state index is 13.1. The molecule has 2 aromatic carbocycles. The number of benzene rings is 2. The molecule has 2 aromatic rings. The lowest BCUT2D eigenvalue weighted by atomic mass is 10.1. The quantitative estimate of drug-likeness (QED) is 0.738. The van der Waals surface area contributed by atoms with E-state index in [2.05, 4.69) is 0 Å². The highest BCUT2D eigenvalue weighted by Gasteiger charge is 2.21. The molecule has 2 rings (SSSR count). The van der Waals surface area contributed by atoms with Crippen molar-refractivity contribution in [2.75, 3.05) is 25.5 Å². The number of hydrogen-bond acceptors (Lipinski definition) is 4. The van der Waals surface area contributed by atoms with E-state index in [4.69, 9.17) is 22.1 Å². The van der Waals surface area contributed by atoms with E-state index in [1.54, 1.807) is 19.1 Å². The molecule has 25 heavy (non-hydrogen) atoms. The summed E-state index contributed by atoms with van der Waals surface area (Å²) >= 11 is 6.05. The normalized spacial score (nSPS) is 10.6. The summed E-state index contributed by atoms with van der Waals surface area (Å²) in [5.41, 5.74) is 7.09. The van der Waals surface area contributed by atoms with E-state index in [0.29, 0.717) is 18.0 Å². The van der Waals surface area contributed by atoms with Gasteiger partial charge in [-0.15, -0.1) is 0 Å². The maximum Gasteiger partial charge on any atom is 0.258 e. The number of ether oxygens (including phenoxy) is 1. The van der Waals surface area contributed by atoms with Gasteiger partial charge >= 0.3 is 0 Å². The van der Waals surface area contributed by atoms with Crippen LogP contribution < -0.4 is 10.5 Å². The minimum Gasteiger partial charge on any atom is -0.493 e. The highest BCUT2D eigenvalue weighted by atomic mass is 35.5. The first-order chi connectivity index (χ1) is 12.0. The number of carbonyl (C=O) groups excluding carboxylic acids is 1. The second-order valence-electron chi connectivity index (χ2n) is 5.38. The molecule has 0 radical (unpaired) electrons. The van der Waals surface area contributed by atoms with Crippen LogP contribution in [0.15, 0.2) is 36.4 Å². The largest absolute Gasteiger partial charge is 0.493 e. The summed E-state index contributed by atoms with van der Waals surface area (Å²) in [6.07, 6.45) is 0. The summed E-state index contributed by atoms with van der Waals surface area (Å²) in [5.74, 6) is -0.382. The van der Waals surface area contributed by atoms with Crippen molar-refractivity contribution < 1.29 is 19.0 Å². The molecule has 0 aliphatic carbocycles. The molecule has 134 valence electrons. The van der Waals surface area contributed by atoms with E-state index in [1.165, 1.54) is 29.2 Å². The number of halogens is 2. The van der Waals surface area contributed by atoms with Gasteiger partial charge in [0.2, 0.25) is 0 Å². The summed E-state index contributed by atoms with van der Waals surface area (Å²) in [6.45, 7) is 2.28. The number of nitrogens with zero attached hydrogens (tertiary/aromatic N) is 1. The smallest absolute Gasteiger partial charge is 0.258 e. The van der Waals surface area contributed by atoms with Crippen LogP contribution in [0, 0.1) is 5.82 Å². The van der Waals surface area contributed by atoms with Crippen LogP contribution >= 0.6 is 11.6 Å². The maximum atomic E-state index is 13.1. The molecule has 0 aromatic heterocycles. The predicted octanol–water partition coefficient (Wildman–Crippen LogP) is 3.09. The average Bonchev–Trinajstić information content (AvgIpc) is 2.59. The molecule has 0 saturated carbocycles. The third kappa shape index (κ3) is 4.84. The minimum absolute atomic E-state index is 0.115. The van der Waals surface area contributed by atoms with Crippen molar-refractivity contribution in [2.45, 2.75) is 13.5 Å². The Morgan fingerprint density at radius 2 is 2.00 bits per heavy atom. The number of hydrogen-bond donors (Lipinski definition) is 2. The molecule has 0 saturated heterocycles. The van der Waals surface area contributed by atoms with Gasteiger partial charge in [-0.3, -0.25) is 4.79 Å². The van der Waals surface area contributed by atoms with Crippen LogP contribution in [-0.2, 0) is 6.54 Å². The molecule has 0 aliphatic rings. The number of aliphatic hydroxyl groups is 1. The van der Waals surface area contributed by atoms with E-state index < -0.39 is 0 Å². The fraction of sp³-hybridized carbons (Fsp3) is 0.278. The van der Waals surface area contributed by atoms with Crippen molar-refractivity contribution in [1.82, 2.24) is 4.90 Å². The van der Waals surface area contributed by atoms with Gasteiger partial charge in [0.1, 0.15) is 11.6 Å². The fourth-order valence-corrected chi connectivity index (χ4v) is 2.53. The topological polar surface area (TPSA) is 75.8 Å². The standard InChI is InChI=1S/C18H20ClFN2O3/c1-2-25-17-10-16(21)15(19)9-14(17)18(24)22(7-8-23)11-12-3-5-13(20)6-4-12/h3-6,9-10,23H,2,7-8,11,21H2,1H3. The Morgan fingerprint density at radius 1 is 1.32 bits per heavy atom. The first kappa shape index (κ1) is 19.0. The first-order valence-electron chi connectivity index (χ1n) is 7.82. The number of carbonyl (C=O) groups is 1. The summed E-state index contributed by atoms with van der Waals surface area (Å²) in [5, 5.41) is 9.54. The number of rotatable bonds is 7. The van der Waals surface area contributed by atoms with Gasteiger partial charge in [-0.1, -0.05) is 23.7 Å². The van der Waals surface area contributed by atoms with Gasteiger partial charge in [0, 0.05) is 19.2 Å². The molecule has 0 fully saturated rings. The van der Waals surface area contributed by atoms with Gasteiger partial charge in [0.25, 0.3) is 5.91 Å².